The van der Waals surface area contributed by atoms with Crippen LogP contribution in [0.5, 0.6) is 0 Å². The van der Waals surface area contributed by atoms with E-state index in [1.807, 2.05) is 18.5 Å². The lowest BCUT2D eigenvalue weighted by molar-refractivity contribution is 0.267. The van der Waals surface area contributed by atoms with Crippen molar-refractivity contribution in [2.24, 2.45) is 12.0 Å². The zero-order valence-corrected chi connectivity index (χ0v) is 20.3. The summed E-state index contributed by atoms with van der Waals surface area (Å²) >= 11 is 0. The zero-order chi connectivity index (χ0) is 19.9. The molecule has 1 aromatic carbocycles. The van der Waals surface area contributed by atoms with Gasteiger partial charge in [0.2, 0.25) is 0 Å². The molecule has 0 aliphatic carbocycles. The van der Waals surface area contributed by atoms with Crippen molar-refractivity contribution >= 4 is 29.9 Å². The summed E-state index contributed by atoms with van der Waals surface area (Å²) in [6.45, 7) is 10.8. The number of benzene rings is 1. The molecule has 1 atom stereocenters. The van der Waals surface area contributed by atoms with Crippen LogP contribution in [0.3, 0.4) is 0 Å². The molecule has 1 aliphatic heterocycles. The summed E-state index contributed by atoms with van der Waals surface area (Å²) in [4.78, 5) is 7.38. The second kappa shape index (κ2) is 11.5. The van der Waals surface area contributed by atoms with Crippen LogP contribution in [-0.2, 0) is 20.1 Å². The highest BCUT2D eigenvalue weighted by atomic mass is 127. The largest absolute Gasteiger partial charge is 0.355 e. The monoisotopic (exact) mass is 511 g/mol. The Kier molecular flexibility index (Phi) is 9.35. The van der Waals surface area contributed by atoms with Crippen LogP contribution in [0, 0.1) is 13.8 Å². The van der Waals surface area contributed by atoms with E-state index in [0.717, 1.165) is 30.7 Å². The van der Waals surface area contributed by atoms with Crippen molar-refractivity contribution in [1.82, 2.24) is 30.3 Å². The van der Waals surface area contributed by atoms with Crippen LogP contribution in [0.4, 0.5) is 0 Å². The lowest BCUT2D eigenvalue weighted by atomic mass is 10.1. The second-order valence-corrected chi connectivity index (χ2v) is 7.47. The zero-order valence-electron chi connectivity index (χ0n) is 18.0. The minimum Gasteiger partial charge on any atom is -0.355 e. The van der Waals surface area contributed by atoms with Gasteiger partial charge in [-0.15, -0.1) is 34.2 Å². The number of aliphatic imine (C=N–C) groups is 1. The molecule has 1 unspecified atom stereocenters. The summed E-state index contributed by atoms with van der Waals surface area (Å²) in [5, 5.41) is 15.4. The van der Waals surface area contributed by atoms with Crippen molar-refractivity contribution in [3.63, 3.8) is 0 Å². The van der Waals surface area contributed by atoms with E-state index in [4.69, 9.17) is 4.99 Å². The van der Waals surface area contributed by atoms with Crippen molar-refractivity contribution in [2.45, 2.75) is 52.7 Å². The maximum Gasteiger partial charge on any atom is 0.192 e. The maximum absolute atomic E-state index is 4.84. The predicted octanol–water partition coefficient (Wildman–Crippen LogP) is 2.77. The van der Waals surface area contributed by atoms with Gasteiger partial charge in [0, 0.05) is 19.6 Å². The fourth-order valence-corrected chi connectivity index (χ4v) is 3.65. The van der Waals surface area contributed by atoms with Gasteiger partial charge in [0.1, 0.15) is 5.82 Å². The number of aryl methyl sites for hydroxylation is 2. The Bertz CT molecular complexity index is 802. The second-order valence-electron chi connectivity index (χ2n) is 7.47. The lowest BCUT2D eigenvalue weighted by Crippen LogP contribution is -2.44. The molecule has 2 aromatic rings. The van der Waals surface area contributed by atoms with Crippen molar-refractivity contribution in [3.8, 4) is 0 Å². The molecule has 29 heavy (non-hydrogen) atoms. The van der Waals surface area contributed by atoms with Gasteiger partial charge in [-0.25, -0.2) is 4.99 Å². The lowest BCUT2D eigenvalue weighted by Gasteiger charge is -2.24. The van der Waals surface area contributed by atoms with E-state index in [2.05, 4.69) is 63.8 Å². The molecule has 1 saturated heterocycles. The smallest absolute Gasteiger partial charge is 0.192 e. The number of halogens is 1. The fourth-order valence-electron chi connectivity index (χ4n) is 3.65. The van der Waals surface area contributed by atoms with Crippen LogP contribution >= 0.6 is 24.0 Å². The Morgan fingerprint density at radius 3 is 2.69 bits per heavy atom. The molecule has 8 heteroatoms. The molecule has 0 saturated carbocycles. The SMILES string of the molecule is CCN1CCCC1CNC(=NCc1ccccc1C)NCc1nnc(C)n1C.I. The molecular weight excluding hydrogens is 477 g/mol. The highest BCUT2D eigenvalue weighted by molar-refractivity contribution is 14.0. The van der Waals surface area contributed by atoms with E-state index in [9.17, 15) is 0 Å². The summed E-state index contributed by atoms with van der Waals surface area (Å²) < 4.78 is 2.00. The average molecular weight is 511 g/mol. The van der Waals surface area contributed by atoms with Crippen LogP contribution in [0.2, 0.25) is 0 Å². The molecular formula is C21H34IN7. The first-order valence-corrected chi connectivity index (χ1v) is 10.2. The molecule has 2 N–H and O–H groups in total. The van der Waals surface area contributed by atoms with Gasteiger partial charge in [0.25, 0.3) is 0 Å². The number of rotatable bonds is 7. The van der Waals surface area contributed by atoms with E-state index in [1.165, 1.54) is 30.5 Å². The number of guanidine groups is 1. The molecule has 0 radical (unpaired) electrons. The van der Waals surface area contributed by atoms with Crippen LogP contribution in [0.25, 0.3) is 0 Å². The normalized spacial score (nSPS) is 17.2. The van der Waals surface area contributed by atoms with Crippen molar-refractivity contribution < 1.29 is 0 Å². The fraction of sp³-hybridized carbons (Fsp3) is 0.571. The molecule has 1 aliphatic rings. The predicted molar refractivity (Wildman–Crippen MR) is 129 cm³/mol. The maximum atomic E-state index is 4.84. The van der Waals surface area contributed by atoms with E-state index in [-0.39, 0.29) is 24.0 Å². The highest BCUT2D eigenvalue weighted by Crippen LogP contribution is 2.15. The first-order valence-electron chi connectivity index (χ1n) is 10.2. The van der Waals surface area contributed by atoms with Crippen LogP contribution in [0.1, 0.15) is 42.5 Å². The van der Waals surface area contributed by atoms with Gasteiger partial charge >= 0.3 is 0 Å². The molecule has 3 rings (SSSR count). The van der Waals surface area contributed by atoms with E-state index < -0.39 is 0 Å². The Hall–Kier alpha value is -1.68. The number of nitrogens with zero attached hydrogens (tertiary/aromatic N) is 5. The van der Waals surface area contributed by atoms with Crippen molar-refractivity contribution in [2.75, 3.05) is 19.6 Å². The first-order chi connectivity index (χ1) is 13.6. The first kappa shape index (κ1) is 23.6. The van der Waals surface area contributed by atoms with Crippen LogP contribution in [-0.4, -0.2) is 51.3 Å². The Morgan fingerprint density at radius 1 is 1.21 bits per heavy atom. The van der Waals surface area contributed by atoms with E-state index in [1.54, 1.807) is 0 Å². The summed E-state index contributed by atoms with van der Waals surface area (Å²) in [7, 11) is 1.99. The number of hydrogen-bond acceptors (Lipinski definition) is 4. The average Bonchev–Trinajstić information content (AvgIpc) is 3.29. The third-order valence-corrected chi connectivity index (χ3v) is 5.68. The minimum absolute atomic E-state index is 0. The summed E-state index contributed by atoms with van der Waals surface area (Å²) in [6.07, 6.45) is 2.52. The molecule has 1 fully saturated rings. The number of hydrogen-bond donors (Lipinski definition) is 2. The summed E-state index contributed by atoms with van der Waals surface area (Å²) in [5.41, 5.74) is 2.51. The molecule has 0 bridgehead atoms. The molecule has 7 nitrogen and oxygen atoms in total. The van der Waals surface area contributed by atoms with Gasteiger partial charge in [-0.05, 0) is 50.9 Å². The van der Waals surface area contributed by atoms with Crippen molar-refractivity contribution in [1.29, 1.82) is 0 Å². The highest BCUT2D eigenvalue weighted by Gasteiger charge is 2.22. The van der Waals surface area contributed by atoms with Gasteiger partial charge < -0.3 is 15.2 Å². The van der Waals surface area contributed by atoms with Crippen molar-refractivity contribution in [3.05, 3.63) is 47.0 Å². The third kappa shape index (κ3) is 6.40. The Balaban J connectivity index is 0.00000300. The topological polar surface area (TPSA) is 70.4 Å². The molecule has 1 aromatic heterocycles. The van der Waals surface area contributed by atoms with E-state index >= 15 is 0 Å². The molecule has 0 spiro atoms. The standard InChI is InChI=1S/C21H33N7.HI/c1-5-28-12-8-11-19(28)14-23-21(22-13-18-10-7-6-9-16(18)2)24-15-20-26-25-17(3)27(20)4;/h6-7,9-10,19H,5,8,11-15H2,1-4H3,(H2,22,23,24);1H. The molecule has 160 valence electrons. The Labute approximate surface area is 191 Å². The summed E-state index contributed by atoms with van der Waals surface area (Å²) in [5.74, 6) is 2.64. The molecule has 0 amide bonds. The van der Waals surface area contributed by atoms with Crippen LogP contribution in [0.15, 0.2) is 29.3 Å². The van der Waals surface area contributed by atoms with Gasteiger partial charge in [-0.1, -0.05) is 31.2 Å². The number of nitrogens with one attached hydrogen (secondary N) is 2. The van der Waals surface area contributed by atoms with Gasteiger partial charge in [0.15, 0.2) is 11.8 Å². The minimum atomic E-state index is 0. The Morgan fingerprint density at radius 2 is 2.00 bits per heavy atom. The number of likely N-dealkylation sites (tertiary alicyclic amines) is 1. The van der Waals surface area contributed by atoms with Gasteiger partial charge in [-0.2, -0.15) is 0 Å². The quantitative estimate of drug-likeness (QED) is 0.340. The van der Waals surface area contributed by atoms with Gasteiger partial charge in [-0.3, -0.25) is 4.90 Å². The number of aromatic nitrogens is 3. The van der Waals surface area contributed by atoms with Gasteiger partial charge in [0.05, 0.1) is 13.1 Å². The van der Waals surface area contributed by atoms with E-state index in [0.29, 0.717) is 19.1 Å². The van der Waals surface area contributed by atoms with Crippen LogP contribution < -0.4 is 10.6 Å². The molecule has 2 heterocycles. The third-order valence-electron chi connectivity index (χ3n) is 5.68. The number of likely N-dealkylation sites (N-methyl/N-ethyl adjacent to an activating group) is 1. The summed E-state index contributed by atoms with van der Waals surface area (Å²) in [6, 6.07) is 8.98.